The van der Waals surface area contributed by atoms with Crippen LogP contribution in [0.25, 0.3) is 0 Å². The molecule has 0 amide bonds. The first-order valence-electron chi connectivity index (χ1n) is 4.66. The summed E-state index contributed by atoms with van der Waals surface area (Å²) in [4.78, 5) is 3.54. The first-order chi connectivity index (χ1) is 7.06. The summed E-state index contributed by atoms with van der Waals surface area (Å²) >= 11 is 0. The molecular weight excluding hydrogens is 201 g/mol. The summed E-state index contributed by atoms with van der Waals surface area (Å²) in [7, 11) is 0. The van der Waals surface area contributed by atoms with E-state index in [1.807, 2.05) is 0 Å². The van der Waals surface area contributed by atoms with E-state index in [2.05, 4.69) is 4.98 Å². The van der Waals surface area contributed by atoms with Crippen molar-refractivity contribution < 1.29 is 19.7 Å². The SMILES string of the molecule is Cc1nc(F)ccc1C(O)C(O)CCO. The minimum Gasteiger partial charge on any atom is -0.396 e. The summed E-state index contributed by atoms with van der Waals surface area (Å²) in [6.45, 7) is 1.33. The van der Waals surface area contributed by atoms with E-state index in [0.29, 0.717) is 11.3 Å². The summed E-state index contributed by atoms with van der Waals surface area (Å²) in [6, 6.07) is 2.50. The third-order valence-corrected chi connectivity index (χ3v) is 2.20. The van der Waals surface area contributed by atoms with Crippen LogP contribution in [0.4, 0.5) is 4.39 Å². The predicted molar refractivity (Wildman–Crippen MR) is 51.6 cm³/mol. The van der Waals surface area contributed by atoms with Gasteiger partial charge in [0.2, 0.25) is 5.95 Å². The van der Waals surface area contributed by atoms with E-state index < -0.39 is 18.2 Å². The second-order valence-electron chi connectivity index (χ2n) is 3.33. The molecule has 3 N–H and O–H groups in total. The van der Waals surface area contributed by atoms with Gasteiger partial charge in [-0.3, -0.25) is 0 Å². The smallest absolute Gasteiger partial charge is 0.213 e. The number of aliphatic hydroxyl groups excluding tert-OH is 3. The Morgan fingerprint density at radius 3 is 2.60 bits per heavy atom. The third kappa shape index (κ3) is 2.95. The Hall–Kier alpha value is -1.04. The lowest BCUT2D eigenvalue weighted by Crippen LogP contribution is -2.20. The summed E-state index contributed by atoms with van der Waals surface area (Å²) in [5, 5.41) is 27.7. The predicted octanol–water partition coefficient (Wildman–Crippen LogP) is 0.306. The minimum atomic E-state index is -1.15. The molecule has 0 aliphatic rings. The fourth-order valence-electron chi connectivity index (χ4n) is 1.35. The zero-order valence-electron chi connectivity index (χ0n) is 8.39. The number of aliphatic hydroxyl groups is 3. The van der Waals surface area contributed by atoms with Crippen molar-refractivity contribution >= 4 is 0 Å². The van der Waals surface area contributed by atoms with Crippen LogP contribution < -0.4 is 0 Å². The second-order valence-corrected chi connectivity index (χ2v) is 3.33. The van der Waals surface area contributed by atoms with Gasteiger partial charge in [-0.25, -0.2) is 4.98 Å². The molecular formula is C10H14FNO3. The molecule has 2 atom stereocenters. The highest BCUT2D eigenvalue weighted by Gasteiger charge is 2.20. The van der Waals surface area contributed by atoms with Gasteiger partial charge in [-0.2, -0.15) is 4.39 Å². The molecule has 0 fully saturated rings. The fraction of sp³-hybridized carbons (Fsp3) is 0.500. The third-order valence-electron chi connectivity index (χ3n) is 2.20. The molecule has 1 aromatic heterocycles. The highest BCUT2D eigenvalue weighted by Crippen LogP contribution is 2.21. The molecule has 0 radical (unpaired) electrons. The number of halogens is 1. The summed E-state index contributed by atoms with van der Waals surface area (Å²) in [5.74, 6) is -0.625. The molecule has 1 aromatic rings. The normalized spacial score (nSPS) is 15.0. The van der Waals surface area contributed by atoms with Gasteiger partial charge in [0.25, 0.3) is 0 Å². The van der Waals surface area contributed by atoms with Gasteiger partial charge in [0.1, 0.15) is 6.10 Å². The zero-order chi connectivity index (χ0) is 11.4. The van der Waals surface area contributed by atoms with Crippen molar-refractivity contribution in [1.29, 1.82) is 0 Å². The van der Waals surface area contributed by atoms with Crippen molar-refractivity contribution in [2.75, 3.05) is 6.61 Å². The Morgan fingerprint density at radius 1 is 1.40 bits per heavy atom. The van der Waals surface area contributed by atoms with Crippen LogP contribution in [0.3, 0.4) is 0 Å². The average molecular weight is 215 g/mol. The van der Waals surface area contributed by atoms with Crippen LogP contribution in [0.15, 0.2) is 12.1 Å². The largest absolute Gasteiger partial charge is 0.396 e. The van der Waals surface area contributed by atoms with Crippen LogP contribution in [0.2, 0.25) is 0 Å². The van der Waals surface area contributed by atoms with Crippen molar-refractivity contribution in [3.8, 4) is 0 Å². The van der Waals surface area contributed by atoms with Crippen LogP contribution in [-0.4, -0.2) is 33.0 Å². The van der Waals surface area contributed by atoms with Gasteiger partial charge in [-0.1, -0.05) is 0 Å². The summed E-state index contributed by atoms with van der Waals surface area (Å²) < 4.78 is 12.7. The number of hydrogen-bond donors (Lipinski definition) is 3. The maximum absolute atomic E-state index is 12.7. The molecule has 2 unspecified atom stereocenters. The highest BCUT2D eigenvalue weighted by atomic mass is 19.1. The highest BCUT2D eigenvalue weighted by molar-refractivity contribution is 5.22. The molecule has 0 saturated heterocycles. The summed E-state index contributed by atoms with van der Waals surface area (Å²) in [5.41, 5.74) is 0.705. The molecule has 0 aliphatic carbocycles. The minimum absolute atomic E-state index is 0.0674. The molecule has 15 heavy (non-hydrogen) atoms. The Labute approximate surface area is 87.0 Å². The van der Waals surface area contributed by atoms with Gasteiger partial charge in [0.15, 0.2) is 0 Å². The van der Waals surface area contributed by atoms with E-state index in [-0.39, 0.29) is 13.0 Å². The van der Waals surface area contributed by atoms with Crippen molar-refractivity contribution in [2.45, 2.75) is 25.6 Å². The maximum atomic E-state index is 12.7. The summed E-state index contributed by atoms with van der Waals surface area (Å²) in [6.07, 6.45) is -2.15. The Balaban J connectivity index is 2.86. The van der Waals surface area contributed by atoms with Gasteiger partial charge in [-0.05, 0) is 25.5 Å². The molecule has 0 spiro atoms. The number of aromatic nitrogens is 1. The van der Waals surface area contributed by atoms with Gasteiger partial charge in [0.05, 0.1) is 6.10 Å². The lowest BCUT2D eigenvalue weighted by atomic mass is 10.0. The molecule has 5 heteroatoms. The first kappa shape index (κ1) is 12.0. The number of aryl methyl sites for hydroxylation is 1. The molecule has 0 aromatic carbocycles. The van der Waals surface area contributed by atoms with Crippen LogP contribution >= 0.6 is 0 Å². The topological polar surface area (TPSA) is 73.6 Å². The number of nitrogens with zero attached hydrogens (tertiary/aromatic N) is 1. The maximum Gasteiger partial charge on any atom is 0.213 e. The molecule has 4 nitrogen and oxygen atoms in total. The van der Waals surface area contributed by atoms with Crippen LogP contribution in [0.5, 0.6) is 0 Å². The van der Waals surface area contributed by atoms with Crippen molar-refractivity contribution in [2.24, 2.45) is 0 Å². The van der Waals surface area contributed by atoms with Crippen molar-refractivity contribution in [3.63, 3.8) is 0 Å². The van der Waals surface area contributed by atoms with E-state index in [1.165, 1.54) is 6.07 Å². The fourth-order valence-corrected chi connectivity index (χ4v) is 1.35. The number of rotatable bonds is 4. The molecule has 0 bridgehead atoms. The first-order valence-corrected chi connectivity index (χ1v) is 4.66. The Bertz CT molecular complexity index is 332. The molecule has 1 heterocycles. The van der Waals surface area contributed by atoms with E-state index in [4.69, 9.17) is 5.11 Å². The number of pyridine rings is 1. The van der Waals surface area contributed by atoms with Crippen LogP contribution in [0, 0.1) is 12.9 Å². The zero-order valence-corrected chi connectivity index (χ0v) is 8.39. The molecule has 1 rings (SSSR count). The number of hydrogen-bond acceptors (Lipinski definition) is 4. The molecule has 0 aliphatic heterocycles. The lowest BCUT2D eigenvalue weighted by Gasteiger charge is -2.18. The van der Waals surface area contributed by atoms with Crippen molar-refractivity contribution in [1.82, 2.24) is 4.98 Å². The Kier molecular flexibility index (Phi) is 4.14. The van der Waals surface area contributed by atoms with Gasteiger partial charge in [0, 0.05) is 17.9 Å². The van der Waals surface area contributed by atoms with Crippen LogP contribution in [-0.2, 0) is 0 Å². The van der Waals surface area contributed by atoms with Gasteiger partial charge >= 0.3 is 0 Å². The van der Waals surface area contributed by atoms with Crippen molar-refractivity contribution in [3.05, 3.63) is 29.3 Å². The Morgan fingerprint density at radius 2 is 2.07 bits per heavy atom. The standard InChI is InChI=1S/C10H14FNO3/c1-6-7(2-3-9(11)12-6)10(15)8(14)4-5-13/h2-3,8,10,13-15H,4-5H2,1H3. The average Bonchev–Trinajstić information content (AvgIpc) is 2.17. The quantitative estimate of drug-likeness (QED) is 0.632. The second kappa shape index (κ2) is 5.16. The van der Waals surface area contributed by atoms with Crippen LogP contribution in [0.1, 0.15) is 23.8 Å². The van der Waals surface area contributed by atoms with E-state index in [1.54, 1.807) is 6.92 Å². The molecule has 0 saturated carbocycles. The lowest BCUT2D eigenvalue weighted by molar-refractivity contribution is 0.00360. The monoisotopic (exact) mass is 215 g/mol. The van der Waals surface area contributed by atoms with E-state index in [0.717, 1.165) is 6.07 Å². The van der Waals surface area contributed by atoms with Gasteiger partial charge < -0.3 is 15.3 Å². The molecule has 84 valence electrons. The van der Waals surface area contributed by atoms with E-state index >= 15 is 0 Å². The van der Waals surface area contributed by atoms with Gasteiger partial charge in [-0.15, -0.1) is 0 Å². The van der Waals surface area contributed by atoms with E-state index in [9.17, 15) is 14.6 Å².